The van der Waals surface area contributed by atoms with Crippen LogP contribution in [0.3, 0.4) is 0 Å². The summed E-state index contributed by atoms with van der Waals surface area (Å²) in [6.45, 7) is 1.83. The largest absolute Gasteiger partial charge is 0.441 e. The Morgan fingerprint density at radius 2 is 1.97 bits per heavy atom. The standard InChI is InChI=1S/C22H22N4O3/c1-13-24-18-10-14(2-8-20(18)29-13)15-3-9-21-23-11-19(26(21)12-15)22(28)25-16-4-6-17(27)7-5-16/h2-3,8-12,16-17,27H,4-7H2,1H3,(H,25,28). The van der Waals surface area contributed by atoms with Crippen LogP contribution in [0.2, 0.25) is 0 Å². The number of carbonyl (C=O) groups excluding carboxylic acids is 1. The molecule has 29 heavy (non-hydrogen) atoms. The minimum absolute atomic E-state index is 0.0949. The van der Waals surface area contributed by atoms with Gasteiger partial charge in [0, 0.05) is 19.2 Å². The summed E-state index contributed by atoms with van der Waals surface area (Å²) in [4.78, 5) is 21.6. The zero-order valence-corrected chi connectivity index (χ0v) is 16.1. The Hall–Kier alpha value is -3.19. The van der Waals surface area contributed by atoms with E-state index in [-0.39, 0.29) is 18.1 Å². The molecule has 1 aromatic carbocycles. The minimum atomic E-state index is -0.243. The molecular weight excluding hydrogens is 368 g/mol. The van der Waals surface area contributed by atoms with Gasteiger partial charge in [-0.2, -0.15) is 0 Å². The number of imidazole rings is 1. The summed E-state index contributed by atoms with van der Waals surface area (Å²) in [7, 11) is 0. The van der Waals surface area contributed by atoms with Crippen molar-refractivity contribution in [3.05, 3.63) is 54.3 Å². The Labute approximate surface area is 167 Å². The fourth-order valence-electron chi connectivity index (χ4n) is 4.02. The van der Waals surface area contributed by atoms with Gasteiger partial charge < -0.3 is 14.8 Å². The third-order valence-electron chi connectivity index (χ3n) is 5.60. The van der Waals surface area contributed by atoms with Gasteiger partial charge in [0.25, 0.3) is 5.91 Å². The first-order valence-electron chi connectivity index (χ1n) is 9.90. The number of aromatic nitrogens is 3. The molecule has 0 saturated heterocycles. The maximum atomic E-state index is 12.8. The van der Waals surface area contributed by atoms with E-state index in [1.165, 1.54) is 0 Å². The SMILES string of the molecule is Cc1nc2cc(-c3ccc4ncc(C(=O)NC5CCC(O)CC5)n4c3)ccc2o1. The van der Waals surface area contributed by atoms with E-state index in [1.807, 2.05) is 47.9 Å². The molecule has 0 aliphatic heterocycles. The van der Waals surface area contributed by atoms with Crippen LogP contribution in [0, 0.1) is 6.92 Å². The van der Waals surface area contributed by atoms with Crippen LogP contribution in [0.4, 0.5) is 0 Å². The highest BCUT2D eigenvalue weighted by Gasteiger charge is 2.22. The lowest BCUT2D eigenvalue weighted by molar-refractivity contribution is 0.0862. The Morgan fingerprint density at radius 1 is 1.17 bits per heavy atom. The summed E-state index contributed by atoms with van der Waals surface area (Å²) in [5.74, 6) is 0.495. The molecule has 5 rings (SSSR count). The van der Waals surface area contributed by atoms with Gasteiger partial charge in [0.2, 0.25) is 0 Å². The number of rotatable bonds is 3. The molecule has 1 fully saturated rings. The fraction of sp³-hybridized carbons (Fsp3) is 0.318. The van der Waals surface area contributed by atoms with Crippen molar-refractivity contribution in [2.24, 2.45) is 0 Å². The Balaban J connectivity index is 1.45. The summed E-state index contributed by atoms with van der Waals surface area (Å²) in [5.41, 5.74) is 4.75. The molecule has 148 valence electrons. The van der Waals surface area contributed by atoms with E-state index in [4.69, 9.17) is 4.42 Å². The van der Waals surface area contributed by atoms with Gasteiger partial charge in [-0.3, -0.25) is 9.20 Å². The molecule has 4 aromatic rings. The van der Waals surface area contributed by atoms with E-state index in [2.05, 4.69) is 15.3 Å². The normalized spacial score (nSPS) is 19.7. The third-order valence-corrected chi connectivity index (χ3v) is 5.60. The van der Waals surface area contributed by atoms with Crippen molar-refractivity contribution in [1.29, 1.82) is 0 Å². The number of aliphatic hydroxyl groups excluding tert-OH is 1. The van der Waals surface area contributed by atoms with Crippen LogP contribution in [0.25, 0.3) is 27.9 Å². The number of nitrogens with zero attached hydrogens (tertiary/aromatic N) is 3. The van der Waals surface area contributed by atoms with Crippen LogP contribution in [0.1, 0.15) is 42.1 Å². The number of nitrogens with one attached hydrogen (secondary N) is 1. The predicted octanol–water partition coefficient (Wildman–Crippen LogP) is 3.48. The number of amides is 1. The van der Waals surface area contributed by atoms with Gasteiger partial charge in [0.15, 0.2) is 11.5 Å². The molecule has 3 aromatic heterocycles. The Kier molecular flexibility index (Phi) is 4.32. The fourth-order valence-corrected chi connectivity index (χ4v) is 4.02. The summed E-state index contributed by atoms with van der Waals surface area (Å²) < 4.78 is 7.37. The van der Waals surface area contributed by atoms with Crippen molar-refractivity contribution >= 4 is 22.7 Å². The third kappa shape index (κ3) is 3.38. The van der Waals surface area contributed by atoms with E-state index >= 15 is 0 Å². The van der Waals surface area contributed by atoms with Gasteiger partial charge in [0.1, 0.15) is 16.9 Å². The number of carbonyl (C=O) groups is 1. The highest BCUT2D eigenvalue weighted by molar-refractivity contribution is 5.93. The average Bonchev–Trinajstić information content (AvgIpc) is 3.30. The second kappa shape index (κ2) is 7.00. The molecule has 1 aliphatic rings. The van der Waals surface area contributed by atoms with Crippen LogP contribution in [0.15, 0.2) is 47.1 Å². The van der Waals surface area contributed by atoms with Gasteiger partial charge in [-0.15, -0.1) is 0 Å². The van der Waals surface area contributed by atoms with Crippen LogP contribution in [0.5, 0.6) is 0 Å². The van der Waals surface area contributed by atoms with Crippen molar-refractivity contribution < 1.29 is 14.3 Å². The first kappa shape index (κ1) is 17.9. The zero-order chi connectivity index (χ0) is 20.0. The molecule has 0 unspecified atom stereocenters. The summed E-state index contributed by atoms with van der Waals surface area (Å²) >= 11 is 0. The second-order valence-electron chi connectivity index (χ2n) is 7.68. The van der Waals surface area contributed by atoms with Gasteiger partial charge in [-0.25, -0.2) is 9.97 Å². The number of aryl methyl sites for hydroxylation is 1. The lowest BCUT2D eigenvalue weighted by Crippen LogP contribution is -2.39. The number of aliphatic hydroxyl groups is 1. The molecule has 1 aliphatic carbocycles. The maximum Gasteiger partial charge on any atom is 0.270 e. The molecule has 1 saturated carbocycles. The quantitative estimate of drug-likeness (QED) is 0.559. The molecule has 0 spiro atoms. The lowest BCUT2D eigenvalue weighted by atomic mass is 9.93. The van der Waals surface area contributed by atoms with Crippen LogP contribution in [-0.4, -0.2) is 37.5 Å². The van der Waals surface area contributed by atoms with Crippen molar-refractivity contribution in [2.75, 3.05) is 0 Å². The molecule has 0 atom stereocenters. The van der Waals surface area contributed by atoms with Gasteiger partial charge in [-0.1, -0.05) is 6.07 Å². The monoisotopic (exact) mass is 390 g/mol. The van der Waals surface area contributed by atoms with Crippen LogP contribution < -0.4 is 5.32 Å². The number of fused-ring (bicyclic) bond motifs is 2. The maximum absolute atomic E-state index is 12.8. The second-order valence-corrected chi connectivity index (χ2v) is 7.68. The summed E-state index contributed by atoms with van der Waals surface area (Å²) in [6, 6.07) is 9.86. The first-order chi connectivity index (χ1) is 14.1. The number of benzene rings is 1. The molecule has 3 heterocycles. The van der Waals surface area contributed by atoms with Gasteiger partial charge in [-0.05, 0) is 61.1 Å². The van der Waals surface area contributed by atoms with E-state index < -0.39 is 0 Å². The van der Waals surface area contributed by atoms with E-state index in [9.17, 15) is 9.90 Å². The number of pyridine rings is 1. The van der Waals surface area contributed by atoms with Crippen LogP contribution >= 0.6 is 0 Å². The lowest BCUT2D eigenvalue weighted by Gasteiger charge is -2.26. The van der Waals surface area contributed by atoms with E-state index in [0.29, 0.717) is 11.6 Å². The molecule has 2 N–H and O–H groups in total. The molecule has 0 radical (unpaired) electrons. The number of hydrogen-bond acceptors (Lipinski definition) is 5. The molecule has 7 nitrogen and oxygen atoms in total. The molecule has 0 bridgehead atoms. The highest BCUT2D eigenvalue weighted by Crippen LogP contribution is 2.26. The van der Waals surface area contributed by atoms with Crippen molar-refractivity contribution in [1.82, 2.24) is 19.7 Å². The number of hydrogen-bond donors (Lipinski definition) is 2. The first-order valence-corrected chi connectivity index (χ1v) is 9.90. The number of oxazole rings is 1. The van der Waals surface area contributed by atoms with Gasteiger partial charge >= 0.3 is 0 Å². The van der Waals surface area contributed by atoms with Crippen LogP contribution in [-0.2, 0) is 0 Å². The molecule has 7 heteroatoms. The topological polar surface area (TPSA) is 92.7 Å². The van der Waals surface area contributed by atoms with Gasteiger partial charge in [0.05, 0.1) is 12.3 Å². The summed E-state index contributed by atoms with van der Waals surface area (Å²) in [6.07, 6.45) is 6.34. The van der Waals surface area contributed by atoms with E-state index in [0.717, 1.165) is 53.6 Å². The highest BCUT2D eigenvalue weighted by atomic mass is 16.3. The zero-order valence-electron chi connectivity index (χ0n) is 16.1. The Morgan fingerprint density at radius 3 is 2.79 bits per heavy atom. The van der Waals surface area contributed by atoms with Crippen molar-refractivity contribution in [2.45, 2.75) is 44.8 Å². The summed E-state index contributed by atoms with van der Waals surface area (Å²) in [5, 5.41) is 12.7. The molecular formula is C22H22N4O3. The predicted molar refractivity (Wildman–Crippen MR) is 109 cm³/mol. The average molecular weight is 390 g/mol. The Bertz CT molecular complexity index is 1200. The minimum Gasteiger partial charge on any atom is -0.441 e. The van der Waals surface area contributed by atoms with Crippen molar-refractivity contribution in [3.8, 4) is 11.1 Å². The van der Waals surface area contributed by atoms with Crippen molar-refractivity contribution in [3.63, 3.8) is 0 Å². The smallest absolute Gasteiger partial charge is 0.270 e. The molecule has 1 amide bonds. The van der Waals surface area contributed by atoms with E-state index in [1.54, 1.807) is 6.20 Å².